The zero-order valence-corrected chi connectivity index (χ0v) is 8.10. The first-order valence-electron chi connectivity index (χ1n) is 3.66. The average molecular weight is 194 g/mol. The molecule has 0 bridgehead atoms. The zero-order valence-electron chi connectivity index (χ0n) is 7.28. The van der Waals surface area contributed by atoms with E-state index in [4.69, 9.17) is 9.29 Å². The second-order valence-electron chi connectivity index (χ2n) is 2.39. The van der Waals surface area contributed by atoms with Crippen molar-refractivity contribution in [2.45, 2.75) is 20.3 Å². The van der Waals surface area contributed by atoms with Crippen molar-refractivity contribution in [2.24, 2.45) is 0 Å². The molecule has 0 aromatic rings. The number of allylic oxidation sites excluding steroid dienone is 2. The molecule has 0 aliphatic rings. The Kier molecular flexibility index (Phi) is 4.92. The minimum absolute atomic E-state index is 0.246. The van der Waals surface area contributed by atoms with E-state index in [1.807, 2.05) is 6.92 Å². The van der Waals surface area contributed by atoms with Crippen LogP contribution in [-0.2, 0) is 14.9 Å². The Balaban J connectivity index is 3.47. The van der Waals surface area contributed by atoms with E-state index >= 15 is 0 Å². The van der Waals surface area contributed by atoms with Crippen LogP contribution >= 0.6 is 0 Å². The average Bonchev–Trinajstić information content (AvgIpc) is 1.96. The third-order valence-corrected chi connectivity index (χ3v) is 2.09. The monoisotopic (exact) mass is 194 g/mol. The van der Waals surface area contributed by atoms with Gasteiger partial charge in [-0.1, -0.05) is 6.08 Å². The minimum atomic E-state index is -3.83. The highest BCUT2D eigenvalue weighted by atomic mass is 32.2. The maximum absolute atomic E-state index is 10.2. The van der Waals surface area contributed by atoms with Crippen LogP contribution in [0.1, 0.15) is 20.3 Å². The van der Waals surface area contributed by atoms with Crippen molar-refractivity contribution in [3.05, 3.63) is 11.8 Å². The maximum Gasteiger partial charge on any atom is 0.264 e. The van der Waals surface area contributed by atoms with Gasteiger partial charge in [-0.2, -0.15) is 8.42 Å². The molecule has 0 aliphatic carbocycles. The van der Waals surface area contributed by atoms with Crippen LogP contribution in [0.4, 0.5) is 0 Å². The van der Waals surface area contributed by atoms with E-state index in [9.17, 15) is 8.42 Å². The van der Waals surface area contributed by atoms with Gasteiger partial charge in [0, 0.05) is 0 Å². The molecule has 0 saturated carbocycles. The molecule has 0 unspecified atom stereocenters. The van der Waals surface area contributed by atoms with Crippen molar-refractivity contribution in [3.63, 3.8) is 0 Å². The molecular formula is C7H14O4S. The van der Waals surface area contributed by atoms with Crippen LogP contribution in [0.25, 0.3) is 0 Å². The summed E-state index contributed by atoms with van der Waals surface area (Å²) in [5, 5.41) is 0. The lowest BCUT2D eigenvalue weighted by Crippen LogP contribution is -2.06. The Morgan fingerprint density at radius 1 is 1.58 bits per heavy atom. The molecule has 0 aromatic heterocycles. The van der Waals surface area contributed by atoms with E-state index in [1.165, 1.54) is 0 Å². The summed E-state index contributed by atoms with van der Waals surface area (Å²) in [4.78, 5) is 0. The normalized spacial score (nSPS) is 13.1. The maximum atomic E-state index is 10.2. The second-order valence-corrected chi connectivity index (χ2v) is 3.96. The van der Waals surface area contributed by atoms with E-state index < -0.39 is 10.1 Å². The van der Waals surface area contributed by atoms with E-state index in [0.717, 1.165) is 5.76 Å². The lowest BCUT2D eigenvalue weighted by atomic mass is 10.5. The standard InChI is InChI=1S/C7H14O4S/c1-3-7(2)11-5-4-6-12(8,9)10/h3H,4-6H2,1-2H3,(H,8,9,10). The van der Waals surface area contributed by atoms with Crippen molar-refractivity contribution < 1.29 is 17.7 Å². The summed E-state index contributed by atoms with van der Waals surface area (Å²) in [7, 11) is -3.83. The Morgan fingerprint density at radius 3 is 2.58 bits per heavy atom. The zero-order chi connectivity index (χ0) is 9.61. The third-order valence-electron chi connectivity index (χ3n) is 1.28. The summed E-state index contributed by atoms with van der Waals surface area (Å²) in [5.74, 6) is 0.509. The molecule has 0 radical (unpaired) electrons. The largest absolute Gasteiger partial charge is 0.499 e. The van der Waals surface area contributed by atoms with Gasteiger partial charge in [0.25, 0.3) is 10.1 Å². The predicted octanol–water partition coefficient (Wildman–Crippen LogP) is 1.20. The van der Waals surface area contributed by atoms with Gasteiger partial charge in [-0.25, -0.2) is 0 Å². The SMILES string of the molecule is CC=C(C)OCCCS(=O)(=O)O. The van der Waals surface area contributed by atoms with E-state index in [1.54, 1.807) is 13.0 Å². The Labute approximate surface area is 73.0 Å². The van der Waals surface area contributed by atoms with E-state index in [2.05, 4.69) is 0 Å². The molecular weight excluding hydrogens is 180 g/mol. The molecule has 0 rings (SSSR count). The van der Waals surface area contributed by atoms with Gasteiger partial charge in [-0.3, -0.25) is 4.55 Å². The van der Waals surface area contributed by atoms with Gasteiger partial charge in [0.2, 0.25) is 0 Å². The van der Waals surface area contributed by atoms with Gasteiger partial charge in [0.15, 0.2) is 0 Å². The number of rotatable bonds is 5. The molecule has 1 N–H and O–H groups in total. The van der Waals surface area contributed by atoms with Gasteiger partial charge in [0.05, 0.1) is 18.1 Å². The van der Waals surface area contributed by atoms with Crippen LogP contribution in [0.3, 0.4) is 0 Å². The van der Waals surface area contributed by atoms with Gasteiger partial charge in [-0.05, 0) is 20.3 Å². The Morgan fingerprint density at radius 2 is 2.17 bits per heavy atom. The van der Waals surface area contributed by atoms with Crippen molar-refractivity contribution in [1.82, 2.24) is 0 Å². The topological polar surface area (TPSA) is 63.6 Å². The van der Waals surface area contributed by atoms with Crippen molar-refractivity contribution in [3.8, 4) is 0 Å². The Hall–Kier alpha value is -0.550. The lowest BCUT2D eigenvalue weighted by Gasteiger charge is -2.03. The predicted molar refractivity (Wildman–Crippen MR) is 46.4 cm³/mol. The molecule has 72 valence electrons. The van der Waals surface area contributed by atoms with E-state index in [-0.39, 0.29) is 5.75 Å². The first-order chi connectivity index (χ1) is 5.45. The summed E-state index contributed by atoms with van der Waals surface area (Å²) in [6.07, 6.45) is 2.09. The first kappa shape index (κ1) is 11.4. The van der Waals surface area contributed by atoms with Gasteiger partial charge in [0.1, 0.15) is 0 Å². The van der Waals surface area contributed by atoms with Crippen LogP contribution < -0.4 is 0 Å². The number of hydrogen-bond acceptors (Lipinski definition) is 3. The van der Waals surface area contributed by atoms with Gasteiger partial charge in [-0.15, -0.1) is 0 Å². The van der Waals surface area contributed by atoms with Crippen molar-refractivity contribution in [2.75, 3.05) is 12.4 Å². The highest BCUT2D eigenvalue weighted by Crippen LogP contribution is 1.97. The molecule has 12 heavy (non-hydrogen) atoms. The lowest BCUT2D eigenvalue weighted by molar-refractivity contribution is 0.214. The molecule has 0 atom stereocenters. The molecule has 0 heterocycles. The highest BCUT2D eigenvalue weighted by Gasteiger charge is 2.02. The summed E-state index contributed by atoms with van der Waals surface area (Å²) < 4.78 is 33.9. The highest BCUT2D eigenvalue weighted by molar-refractivity contribution is 7.85. The fourth-order valence-corrected chi connectivity index (χ4v) is 1.04. The fraction of sp³-hybridized carbons (Fsp3) is 0.714. The van der Waals surface area contributed by atoms with Crippen LogP contribution in [0.2, 0.25) is 0 Å². The smallest absolute Gasteiger partial charge is 0.264 e. The molecule has 0 spiro atoms. The van der Waals surface area contributed by atoms with Crippen LogP contribution in [-0.4, -0.2) is 25.3 Å². The molecule has 4 nitrogen and oxygen atoms in total. The fourth-order valence-electron chi connectivity index (χ4n) is 0.558. The molecule has 0 fully saturated rings. The van der Waals surface area contributed by atoms with E-state index in [0.29, 0.717) is 13.0 Å². The molecule has 0 amide bonds. The third kappa shape index (κ3) is 7.56. The molecule has 5 heteroatoms. The van der Waals surface area contributed by atoms with Crippen molar-refractivity contribution >= 4 is 10.1 Å². The summed E-state index contributed by atoms with van der Waals surface area (Å²) >= 11 is 0. The van der Waals surface area contributed by atoms with Crippen LogP contribution in [0.15, 0.2) is 11.8 Å². The Bertz CT molecular complexity index is 240. The summed E-state index contributed by atoms with van der Waals surface area (Å²) in [6, 6.07) is 0. The van der Waals surface area contributed by atoms with Gasteiger partial charge < -0.3 is 4.74 Å². The molecule has 0 aromatic carbocycles. The van der Waals surface area contributed by atoms with Crippen LogP contribution in [0.5, 0.6) is 0 Å². The van der Waals surface area contributed by atoms with Gasteiger partial charge >= 0.3 is 0 Å². The molecule has 0 aliphatic heterocycles. The summed E-state index contributed by atoms with van der Waals surface area (Å²) in [6.45, 7) is 3.93. The minimum Gasteiger partial charge on any atom is -0.499 e. The van der Waals surface area contributed by atoms with Crippen LogP contribution in [0, 0.1) is 0 Å². The number of hydrogen-bond donors (Lipinski definition) is 1. The number of ether oxygens (including phenoxy) is 1. The first-order valence-corrected chi connectivity index (χ1v) is 5.27. The summed E-state index contributed by atoms with van der Waals surface area (Å²) in [5.41, 5.74) is 0. The quantitative estimate of drug-likeness (QED) is 0.406. The van der Waals surface area contributed by atoms with Crippen molar-refractivity contribution in [1.29, 1.82) is 0 Å². The molecule has 0 saturated heterocycles. The second kappa shape index (κ2) is 5.16.